The van der Waals surface area contributed by atoms with Gasteiger partial charge in [-0.25, -0.2) is 9.37 Å². The minimum atomic E-state index is -0.375. The lowest BCUT2D eigenvalue weighted by Crippen LogP contribution is -1.94. The molecule has 130 valence electrons. The summed E-state index contributed by atoms with van der Waals surface area (Å²) < 4.78 is 19.1. The predicted molar refractivity (Wildman–Crippen MR) is 102 cm³/mol. The number of nitriles is 1. The Labute approximate surface area is 155 Å². The molecule has 0 aliphatic carbocycles. The van der Waals surface area contributed by atoms with Crippen molar-refractivity contribution in [2.75, 3.05) is 12.4 Å². The Balaban J connectivity index is 1.86. The molecule has 0 spiro atoms. The van der Waals surface area contributed by atoms with Crippen molar-refractivity contribution < 1.29 is 9.13 Å². The van der Waals surface area contributed by atoms with Gasteiger partial charge in [-0.3, -0.25) is 0 Å². The largest absolute Gasteiger partial charge is 0.497 e. The fourth-order valence-electron chi connectivity index (χ4n) is 2.35. The van der Waals surface area contributed by atoms with E-state index in [0.29, 0.717) is 16.3 Å². The molecule has 2 aromatic carbocycles. The van der Waals surface area contributed by atoms with Gasteiger partial charge in [0.1, 0.15) is 28.2 Å². The van der Waals surface area contributed by atoms with Crippen molar-refractivity contribution in [1.29, 1.82) is 5.26 Å². The van der Waals surface area contributed by atoms with Crippen LogP contribution in [0.3, 0.4) is 0 Å². The fourth-order valence-corrected chi connectivity index (χ4v) is 3.15. The summed E-state index contributed by atoms with van der Waals surface area (Å²) in [5, 5.41) is 14.7. The summed E-state index contributed by atoms with van der Waals surface area (Å²) >= 11 is 1.36. The molecule has 6 heteroatoms. The predicted octanol–water partition coefficient (Wildman–Crippen LogP) is 5.24. The maximum atomic E-state index is 13.8. The van der Waals surface area contributed by atoms with Crippen LogP contribution in [-0.2, 0) is 0 Å². The number of methoxy groups -OCH3 is 1. The summed E-state index contributed by atoms with van der Waals surface area (Å²) in [6.07, 6.45) is 1.48. The number of benzene rings is 2. The number of nitrogens with zero attached hydrogens (tertiary/aromatic N) is 2. The van der Waals surface area contributed by atoms with E-state index in [2.05, 4.69) is 16.4 Å². The smallest absolute Gasteiger partial charge is 0.146 e. The van der Waals surface area contributed by atoms with Gasteiger partial charge in [-0.2, -0.15) is 5.26 Å². The molecule has 0 bridgehead atoms. The number of thiazole rings is 1. The van der Waals surface area contributed by atoms with Crippen molar-refractivity contribution in [2.45, 2.75) is 6.92 Å². The maximum Gasteiger partial charge on any atom is 0.146 e. The molecule has 0 saturated heterocycles. The Bertz CT molecular complexity index is 1000. The van der Waals surface area contributed by atoms with Crippen molar-refractivity contribution in [3.63, 3.8) is 0 Å². The first-order chi connectivity index (χ1) is 12.6. The first kappa shape index (κ1) is 17.6. The van der Waals surface area contributed by atoms with Gasteiger partial charge < -0.3 is 10.1 Å². The minimum absolute atomic E-state index is 0.322. The number of aryl methyl sites for hydroxylation is 1. The van der Waals surface area contributed by atoms with Gasteiger partial charge >= 0.3 is 0 Å². The summed E-state index contributed by atoms with van der Waals surface area (Å²) in [5.74, 6) is 0.366. The molecular weight excluding hydrogens is 349 g/mol. The molecule has 0 amide bonds. The molecule has 1 heterocycles. The van der Waals surface area contributed by atoms with Gasteiger partial charge in [-0.05, 0) is 36.8 Å². The van der Waals surface area contributed by atoms with E-state index < -0.39 is 0 Å². The van der Waals surface area contributed by atoms with Crippen LogP contribution in [0.4, 0.5) is 10.1 Å². The highest BCUT2D eigenvalue weighted by Crippen LogP contribution is 2.28. The number of rotatable bonds is 5. The van der Waals surface area contributed by atoms with Gasteiger partial charge in [-0.1, -0.05) is 18.2 Å². The number of hydrogen-bond acceptors (Lipinski definition) is 5. The van der Waals surface area contributed by atoms with E-state index >= 15 is 0 Å². The third-order valence-corrected chi connectivity index (χ3v) is 4.59. The zero-order chi connectivity index (χ0) is 18.5. The van der Waals surface area contributed by atoms with Crippen molar-refractivity contribution >= 4 is 22.6 Å². The molecule has 3 rings (SSSR count). The van der Waals surface area contributed by atoms with Gasteiger partial charge in [0.25, 0.3) is 0 Å². The quantitative estimate of drug-likeness (QED) is 0.628. The molecule has 3 aromatic rings. The van der Waals surface area contributed by atoms with E-state index in [4.69, 9.17) is 4.74 Å². The van der Waals surface area contributed by atoms with E-state index in [1.807, 2.05) is 36.6 Å². The number of anilines is 1. The molecule has 1 aromatic heterocycles. The summed E-state index contributed by atoms with van der Waals surface area (Å²) in [6, 6.07) is 14.4. The second kappa shape index (κ2) is 7.81. The molecule has 0 unspecified atom stereocenters. The lowest BCUT2D eigenvalue weighted by atomic mass is 10.1. The van der Waals surface area contributed by atoms with E-state index in [-0.39, 0.29) is 5.82 Å². The Kier molecular flexibility index (Phi) is 5.30. The van der Waals surface area contributed by atoms with Crippen LogP contribution in [0, 0.1) is 24.1 Å². The van der Waals surface area contributed by atoms with Crippen LogP contribution in [0.2, 0.25) is 0 Å². The summed E-state index contributed by atoms with van der Waals surface area (Å²) in [6.45, 7) is 1.88. The normalized spacial score (nSPS) is 11.1. The molecule has 0 aliphatic heterocycles. The highest BCUT2D eigenvalue weighted by molar-refractivity contribution is 7.11. The SMILES string of the molecule is COc1cccc(-c2csc(C(C#N)=CNc3cc(C)ccc3F)n2)c1. The van der Waals surface area contributed by atoms with Gasteiger partial charge in [0.2, 0.25) is 0 Å². The topological polar surface area (TPSA) is 57.9 Å². The van der Waals surface area contributed by atoms with Crippen LogP contribution in [-0.4, -0.2) is 12.1 Å². The van der Waals surface area contributed by atoms with E-state index in [1.165, 1.54) is 23.6 Å². The second-order valence-corrected chi connectivity index (χ2v) is 6.43. The summed E-state index contributed by atoms with van der Waals surface area (Å²) in [4.78, 5) is 4.52. The molecule has 4 nitrogen and oxygen atoms in total. The van der Waals surface area contributed by atoms with Crippen LogP contribution >= 0.6 is 11.3 Å². The van der Waals surface area contributed by atoms with E-state index in [9.17, 15) is 9.65 Å². The fraction of sp³-hybridized carbons (Fsp3) is 0.100. The lowest BCUT2D eigenvalue weighted by molar-refractivity contribution is 0.415. The Hall–Kier alpha value is -3.17. The van der Waals surface area contributed by atoms with Crippen molar-refractivity contribution in [1.82, 2.24) is 4.98 Å². The van der Waals surface area contributed by atoms with E-state index in [1.54, 1.807) is 19.2 Å². The van der Waals surface area contributed by atoms with Crippen LogP contribution < -0.4 is 10.1 Å². The summed E-state index contributed by atoms with van der Waals surface area (Å²) in [7, 11) is 1.61. The van der Waals surface area contributed by atoms with Crippen LogP contribution in [0.5, 0.6) is 5.75 Å². The Morgan fingerprint density at radius 3 is 2.92 bits per heavy atom. The molecule has 0 fully saturated rings. The standard InChI is InChI=1S/C20H16FN3OS/c1-13-6-7-17(21)18(8-13)23-11-15(10-22)20-24-19(12-26-20)14-4-3-5-16(9-14)25-2/h3-9,11-12,23H,1-2H3. The lowest BCUT2D eigenvalue weighted by Gasteiger charge is -2.04. The average molecular weight is 365 g/mol. The number of aromatic nitrogens is 1. The zero-order valence-corrected chi connectivity index (χ0v) is 15.1. The van der Waals surface area contributed by atoms with Gasteiger partial charge in [0, 0.05) is 17.1 Å². The van der Waals surface area contributed by atoms with Crippen LogP contribution in [0.15, 0.2) is 54.0 Å². The molecular formula is C20H16FN3OS. The molecule has 0 aliphatic rings. The molecule has 26 heavy (non-hydrogen) atoms. The summed E-state index contributed by atoms with van der Waals surface area (Å²) in [5.41, 5.74) is 3.25. The molecule has 0 radical (unpaired) electrons. The maximum absolute atomic E-state index is 13.8. The number of nitrogens with one attached hydrogen (secondary N) is 1. The first-order valence-corrected chi connectivity index (χ1v) is 8.72. The highest BCUT2D eigenvalue weighted by Gasteiger charge is 2.10. The molecule has 0 atom stereocenters. The van der Waals surface area contributed by atoms with Crippen LogP contribution in [0.1, 0.15) is 10.6 Å². The Morgan fingerprint density at radius 1 is 1.31 bits per heavy atom. The van der Waals surface area contributed by atoms with Crippen molar-refractivity contribution in [3.05, 3.63) is 70.4 Å². The monoisotopic (exact) mass is 365 g/mol. The molecule has 0 saturated carbocycles. The second-order valence-electron chi connectivity index (χ2n) is 5.57. The van der Waals surface area contributed by atoms with Crippen LogP contribution in [0.25, 0.3) is 16.8 Å². The van der Waals surface area contributed by atoms with E-state index in [0.717, 1.165) is 22.6 Å². The van der Waals surface area contributed by atoms with Gasteiger partial charge in [-0.15, -0.1) is 11.3 Å². The zero-order valence-electron chi connectivity index (χ0n) is 14.3. The third kappa shape index (κ3) is 3.90. The number of allylic oxidation sites excluding steroid dienone is 1. The Morgan fingerprint density at radius 2 is 2.15 bits per heavy atom. The molecule has 1 N–H and O–H groups in total. The number of ether oxygens (including phenoxy) is 1. The minimum Gasteiger partial charge on any atom is -0.497 e. The van der Waals surface area contributed by atoms with Gasteiger partial charge in [0.05, 0.1) is 18.5 Å². The van der Waals surface area contributed by atoms with Crippen molar-refractivity contribution in [3.8, 4) is 23.1 Å². The third-order valence-electron chi connectivity index (χ3n) is 3.71. The first-order valence-electron chi connectivity index (χ1n) is 7.84. The van der Waals surface area contributed by atoms with Crippen molar-refractivity contribution in [2.24, 2.45) is 0 Å². The number of halogens is 1. The average Bonchev–Trinajstić information content (AvgIpc) is 3.15. The highest BCUT2D eigenvalue weighted by atomic mass is 32.1. The van der Waals surface area contributed by atoms with Gasteiger partial charge in [0.15, 0.2) is 0 Å². The number of hydrogen-bond donors (Lipinski definition) is 1.